The summed E-state index contributed by atoms with van der Waals surface area (Å²) in [6.07, 6.45) is 0. The van der Waals surface area contributed by atoms with Crippen LogP contribution < -0.4 is 0 Å². The summed E-state index contributed by atoms with van der Waals surface area (Å²) in [4.78, 5) is 0. The van der Waals surface area contributed by atoms with Gasteiger partial charge < -0.3 is 0 Å². The molecule has 206 valence electrons. The van der Waals surface area contributed by atoms with E-state index in [1.165, 1.54) is 0 Å². The van der Waals surface area contributed by atoms with Crippen molar-refractivity contribution in [3.63, 3.8) is 0 Å². The second-order valence-corrected chi connectivity index (χ2v) is 16.8. The molecule has 0 bridgehead atoms. The van der Waals surface area contributed by atoms with Gasteiger partial charge in [0.25, 0.3) is 0 Å². The molecule has 0 rings (SSSR count). The predicted molar refractivity (Wildman–Crippen MR) is 158 cm³/mol. The van der Waals surface area contributed by atoms with Crippen molar-refractivity contribution in [1.29, 1.82) is 0 Å². The highest BCUT2D eigenvalue weighted by Gasteiger charge is 2.54. The quantitative estimate of drug-likeness (QED) is 0.261. The monoisotopic (exact) mass is 479 g/mol. The van der Waals surface area contributed by atoms with E-state index in [0.29, 0.717) is 52.3 Å². The molecule has 0 N–H and O–H groups in total. The van der Waals surface area contributed by atoms with Gasteiger partial charge in [0.1, 0.15) is 0 Å². The van der Waals surface area contributed by atoms with Crippen molar-refractivity contribution in [1.82, 2.24) is 0 Å². The first-order valence-corrected chi connectivity index (χ1v) is 14.7. The van der Waals surface area contributed by atoms with Crippen molar-refractivity contribution in [2.75, 3.05) is 0 Å². The van der Waals surface area contributed by atoms with Crippen LogP contribution in [0.15, 0.2) is 0 Å². The van der Waals surface area contributed by atoms with E-state index in [4.69, 9.17) is 0 Å². The lowest BCUT2D eigenvalue weighted by Crippen LogP contribution is -2.53. The molecule has 4 unspecified atom stereocenters. The number of rotatable bonds is 12. The first-order valence-electron chi connectivity index (χ1n) is 14.7. The molecular formula is C34H70. The molecule has 0 aromatic rings. The van der Waals surface area contributed by atoms with Gasteiger partial charge in [0.15, 0.2) is 0 Å². The standard InChI is InChI=1S/C34H70/c1-22(2)29(10,11)24(5)31(14,15)26(7)33(18,19)28(9)34(20,21)27(8)32(16,17)25(6)30(12,13)23(3)4/h22-28H,1-21H3. The molecule has 0 nitrogen and oxygen atoms in total. The Bertz CT molecular complexity index is 581. The second-order valence-electron chi connectivity index (χ2n) is 16.8. The van der Waals surface area contributed by atoms with E-state index in [1.807, 2.05) is 0 Å². The molecule has 0 spiro atoms. The van der Waals surface area contributed by atoms with Gasteiger partial charge in [-0.05, 0) is 73.9 Å². The van der Waals surface area contributed by atoms with Crippen molar-refractivity contribution < 1.29 is 0 Å². The molecule has 0 aromatic carbocycles. The average molecular weight is 479 g/mol. The van der Waals surface area contributed by atoms with Crippen molar-refractivity contribution in [3.8, 4) is 0 Å². The summed E-state index contributed by atoms with van der Waals surface area (Å²) in [7, 11) is 0. The minimum Gasteiger partial charge on any atom is -0.0623 e. The van der Waals surface area contributed by atoms with Gasteiger partial charge >= 0.3 is 0 Å². The topological polar surface area (TPSA) is 0 Å². The Morgan fingerprint density at radius 3 is 0.471 bits per heavy atom. The maximum absolute atomic E-state index is 2.57. The van der Waals surface area contributed by atoms with Crippen LogP contribution in [0.1, 0.15) is 145 Å². The fraction of sp³-hybridized carbons (Fsp3) is 1.00. The zero-order chi connectivity index (χ0) is 28.0. The van der Waals surface area contributed by atoms with Gasteiger partial charge in [0, 0.05) is 0 Å². The molecule has 0 saturated carbocycles. The Kier molecular flexibility index (Phi) is 10.4. The van der Waals surface area contributed by atoms with E-state index in [2.05, 4.69) is 145 Å². The molecule has 0 amide bonds. The van der Waals surface area contributed by atoms with E-state index < -0.39 is 0 Å². The predicted octanol–water partition coefficient (Wildman–Crippen LogP) is 11.6. The largest absolute Gasteiger partial charge is 0.0623 e. The second kappa shape index (κ2) is 10.4. The van der Waals surface area contributed by atoms with Gasteiger partial charge in [0.2, 0.25) is 0 Å². The van der Waals surface area contributed by atoms with Crippen LogP contribution in [0.2, 0.25) is 0 Å². The highest BCUT2D eigenvalue weighted by Crippen LogP contribution is 2.60. The zero-order valence-electron chi connectivity index (χ0n) is 28.0. The summed E-state index contributed by atoms with van der Waals surface area (Å²) in [6, 6.07) is 0. The van der Waals surface area contributed by atoms with Crippen LogP contribution >= 0.6 is 0 Å². The summed E-state index contributed by atoms with van der Waals surface area (Å²) in [5.74, 6) is 4.47. The molecule has 0 aliphatic rings. The highest BCUT2D eigenvalue weighted by atomic mass is 14.6. The Hall–Kier alpha value is 0. The highest BCUT2D eigenvalue weighted by molar-refractivity contribution is 5.02. The van der Waals surface area contributed by atoms with Crippen LogP contribution in [0.5, 0.6) is 0 Å². The third-order valence-corrected chi connectivity index (χ3v) is 14.1. The molecule has 0 radical (unpaired) electrons. The van der Waals surface area contributed by atoms with Gasteiger partial charge in [-0.3, -0.25) is 0 Å². The van der Waals surface area contributed by atoms with E-state index in [1.54, 1.807) is 0 Å². The minimum atomic E-state index is 0.232. The van der Waals surface area contributed by atoms with Crippen molar-refractivity contribution >= 4 is 0 Å². The fourth-order valence-corrected chi connectivity index (χ4v) is 7.29. The molecule has 34 heavy (non-hydrogen) atoms. The number of hydrogen-bond donors (Lipinski definition) is 0. The smallest absolute Gasteiger partial charge is 0.0292 e. The number of hydrogen-bond acceptors (Lipinski definition) is 0. The fourth-order valence-electron chi connectivity index (χ4n) is 7.29. The Morgan fingerprint density at radius 1 is 0.235 bits per heavy atom. The van der Waals surface area contributed by atoms with Crippen LogP contribution in [-0.4, -0.2) is 0 Å². The normalized spacial score (nSPS) is 19.9. The lowest BCUT2D eigenvalue weighted by atomic mass is 9.46. The molecule has 0 aliphatic heterocycles. The molecule has 0 heterocycles. The third kappa shape index (κ3) is 5.93. The summed E-state index contributed by atoms with van der Waals surface area (Å²) in [5.41, 5.74) is 1.62. The Labute approximate surface area is 219 Å². The molecule has 0 heteroatoms. The van der Waals surface area contributed by atoms with Gasteiger partial charge in [-0.15, -0.1) is 0 Å². The van der Waals surface area contributed by atoms with Gasteiger partial charge in [-0.25, -0.2) is 0 Å². The molecule has 0 fully saturated rings. The third-order valence-electron chi connectivity index (χ3n) is 14.1. The maximum atomic E-state index is 2.57. The molecule has 4 atom stereocenters. The van der Waals surface area contributed by atoms with Gasteiger partial charge in [-0.2, -0.15) is 0 Å². The van der Waals surface area contributed by atoms with Crippen LogP contribution in [-0.2, 0) is 0 Å². The molecule has 0 saturated heterocycles. The maximum Gasteiger partial charge on any atom is -0.0292 e. The minimum absolute atomic E-state index is 0.232. The lowest BCUT2D eigenvalue weighted by molar-refractivity contribution is -0.106. The van der Waals surface area contributed by atoms with E-state index in [9.17, 15) is 0 Å². The Morgan fingerprint density at radius 2 is 0.353 bits per heavy atom. The average Bonchev–Trinajstić information content (AvgIpc) is 2.69. The van der Waals surface area contributed by atoms with E-state index >= 15 is 0 Å². The van der Waals surface area contributed by atoms with Gasteiger partial charge in [-0.1, -0.05) is 145 Å². The molecular weight excluding hydrogens is 408 g/mol. The van der Waals surface area contributed by atoms with Crippen LogP contribution in [0, 0.1) is 73.9 Å². The summed E-state index contributed by atoms with van der Waals surface area (Å²) >= 11 is 0. The van der Waals surface area contributed by atoms with E-state index in [0.717, 1.165) is 0 Å². The van der Waals surface area contributed by atoms with Crippen LogP contribution in [0.4, 0.5) is 0 Å². The lowest BCUT2D eigenvalue weighted by Gasteiger charge is -2.59. The first-order chi connectivity index (χ1) is 14.7. The summed E-state index contributed by atoms with van der Waals surface area (Å²) in [5, 5.41) is 0. The van der Waals surface area contributed by atoms with Crippen LogP contribution in [0.25, 0.3) is 0 Å². The SMILES string of the molecule is CC(C)C(C)(C)C(C)C(C)(C)C(C)C(C)(C)C(C)C(C)(C)C(C)C(C)(C)C(C)C(C)(C)C(C)C. The van der Waals surface area contributed by atoms with Gasteiger partial charge in [0.05, 0.1) is 0 Å². The molecule has 0 aliphatic carbocycles. The van der Waals surface area contributed by atoms with E-state index in [-0.39, 0.29) is 21.7 Å². The van der Waals surface area contributed by atoms with Crippen molar-refractivity contribution in [3.05, 3.63) is 0 Å². The van der Waals surface area contributed by atoms with Crippen LogP contribution in [0.3, 0.4) is 0 Å². The van der Waals surface area contributed by atoms with Crippen molar-refractivity contribution in [2.45, 2.75) is 145 Å². The summed E-state index contributed by atoms with van der Waals surface area (Å²) < 4.78 is 0. The molecule has 0 aromatic heterocycles. The first kappa shape index (κ1) is 34.0. The summed E-state index contributed by atoms with van der Waals surface area (Å²) in [6.45, 7) is 52.7. The Balaban J connectivity index is 6.24. The zero-order valence-corrected chi connectivity index (χ0v) is 28.0. The van der Waals surface area contributed by atoms with Crippen molar-refractivity contribution in [2.24, 2.45) is 73.9 Å².